The van der Waals surface area contributed by atoms with Gasteiger partial charge in [-0.3, -0.25) is 9.10 Å². The first-order valence-electron chi connectivity index (χ1n) is 10.7. The quantitative estimate of drug-likeness (QED) is 0.469. The molecular formula is C26H29ClN2O3S. The molecule has 0 spiro atoms. The lowest BCUT2D eigenvalue weighted by Gasteiger charge is -2.21. The third-order valence-corrected chi connectivity index (χ3v) is 7.64. The van der Waals surface area contributed by atoms with E-state index in [-0.39, 0.29) is 22.3 Å². The van der Waals surface area contributed by atoms with Crippen LogP contribution < -0.4 is 9.62 Å². The van der Waals surface area contributed by atoms with Crippen LogP contribution in [0.2, 0.25) is 5.02 Å². The standard InChI is InChI=1S/C26H29ClN2O3S/c1-18(19-6-10-21(11-7-19)26(2,3)4)28-25(30)20-8-14-23(15-9-20)29(5)33(31,32)24-16-12-22(27)13-17-24/h6-18H,1-5H3,(H,28,30)/t18-/m1/s1. The van der Waals surface area contributed by atoms with Gasteiger partial charge in [0.25, 0.3) is 15.9 Å². The molecule has 7 heteroatoms. The molecule has 0 aliphatic carbocycles. The molecule has 1 atom stereocenters. The van der Waals surface area contributed by atoms with E-state index in [0.717, 1.165) is 5.56 Å². The van der Waals surface area contributed by atoms with Crippen molar-refractivity contribution in [2.24, 2.45) is 0 Å². The van der Waals surface area contributed by atoms with Gasteiger partial charge in [0.05, 0.1) is 16.6 Å². The van der Waals surface area contributed by atoms with Crippen molar-refractivity contribution < 1.29 is 13.2 Å². The maximum Gasteiger partial charge on any atom is 0.264 e. The second-order valence-corrected chi connectivity index (χ2v) is 11.4. The molecular weight excluding hydrogens is 456 g/mol. The zero-order chi connectivity index (χ0) is 24.4. The number of amides is 1. The largest absolute Gasteiger partial charge is 0.346 e. The van der Waals surface area contributed by atoms with E-state index in [1.54, 1.807) is 24.3 Å². The van der Waals surface area contributed by atoms with Crippen LogP contribution in [-0.4, -0.2) is 21.4 Å². The monoisotopic (exact) mass is 484 g/mol. The second-order valence-electron chi connectivity index (χ2n) is 9.04. The van der Waals surface area contributed by atoms with Crippen LogP contribution in [0.3, 0.4) is 0 Å². The van der Waals surface area contributed by atoms with Gasteiger partial charge in [-0.25, -0.2) is 8.42 Å². The Labute approximate surface area is 201 Å². The van der Waals surface area contributed by atoms with Crippen molar-refractivity contribution in [3.8, 4) is 0 Å². The van der Waals surface area contributed by atoms with E-state index >= 15 is 0 Å². The van der Waals surface area contributed by atoms with Gasteiger partial charge in [-0.2, -0.15) is 0 Å². The molecule has 0 bridgehead atoms. The van der Waals surface area contributed by atoms with E-state index in [1.165, 1.54) is 41.2 Å². The highest BCUT2D eigenvalue weighted by atomic mass is 35.5. The number of hydrogen-bond donors (Lipinski definition) is 1. The molecule has 3 rings (SSSR count). The van der Waals surface area contributed by atoms with E-state index in [9.17, 15) is 13.2 Å². The summed E-state index contributed by atoms with van der Waals surface area (Å²) in [5.74, 6) is -0.225. The van der Waals surface area contributed by atoms with E-state index in [2.05, 4.69) is 38.2 Å². The Balaban J connectivity index is 1.70. The highest BCUT2D eigenvalue weighted by molar-refractivity contribution is 7.92. The van der Waals surface area contributed by atoms with Gasteiger partial charge in [0, 0.05) is 17.6 Å². The molecule has 3 aromatic rings. The Morgan fingerprint density at radius 3 is 1.97 bits per heavy atom. The van der Waals surface area contributed by atoms with Gasteiger partial charge < -0.3 is 5.32 Å². The van der Waals surface area contributed by atoms with Crippen molar-refractivity contribution in [3.63, 3.8) is 0 Å². The van der Waals surface area contributed by atoms with Crippen LogP contribution in [0.5, 0.6) is 0 Å². The fraction of sp³-hybridized carbons (Fsp3) is 0.269. The summed E-state index contributed by atoms with van der Waals surface area (Å²) in [7, 11) is -2.26. The van der Waals surface area contributed by atoms with Gasteiger partial charge in [-0.15, -0.1) is 0 Å². The maximum atomic E-state index is 12.9. The van der Waals surface area contributed by atoms with Crippen molar-refractivity contribution in [1.29, 1.82) is 0 Å². The summed E-state index contributed by atoms with van der Waals surface area (Å²) in [6.45, 7) is 8.42. The van der Waals surface area contributed by atoms with Crippen molar-refractivity contribution >= 4 is 33.2 Å². The van der Waals surface area contributed by atoms with Crippen LogP contribution in [0, 0.1) is 0 Å². The Morgan fingerprint density at radius 1 is 0.909 bits per heavy atom. The fourth-order valence-electron chi connectivity index (χ4n) is 3.36. The summed E-state index contributed by atoms with van der Waals surface area (Å²) >= 11 is 5.86. The number of sulfonamides is 1. The molecule has 0 radical (unpaired) electrons. The van der Waals surface area contributed by atoms with Crippen molar-refractivity contribution in [2.45, 2.75) is 44.0 Å². The zero-order valence-corrected chi connectivity index (χ0v) is 21.0. The number of anilines is 1. The van der Waals surface area contributed by atoms with Gasteiger partial charge in [-0.1, -0.05) is 56.6 Å². The average molecular weight is 485 g/mol. The molecule has 0 saturated heterocycles. The molecule has 0 aliphatic rings. The molecule has 1 amide bonds. The van der Waals surface area contributed by atoms with Crippen LogP contribution in [0.15, 0.2) is 77.7 Å². The SMILES string of the molecule is C[C@@H](NC(=O)c1ccc(N(C)S(=O)(=O)c2ccc(Cl)cc2)cc1)c1ccc(C(C)(C)C)cc1. The summed E-state index contributed by atoms with van der Waals surface area (Å²) in [6, 6.07) is 20.5. The molecule has 1 N–H and O–H groups in total. The number of hydrogen-bond acceptors (Lipinski definition) is 3. The summed E-state index contributed by atoms with van der Waals surface area (Å²) in [5.41, 5.74) is 3.22. The smallest absolute Gasteiger partial charge is 0.264 e. The number of nitrogens with zero attached hydrogens (tertiary/aromatic N) is 1. The number of carbonyl (C=O) groups excluding carboxylic acids is 1. The van der Waals surface area contributed by atoms with Crippen molar-refractivity contribution in [1.82, 2.24) is 5.32 Å². The minimum absolute atomic E-state index is 0.0704. The Kier molecular flexibility index (Phi) is 7.20. The van der Waals surface area contributed by atoms with Gasteiger partial charge in [0.15, 0.2) is 0 Å². The van der Waals surface area contributed by atoms with E-state index in [1.807, 2.05) is 19.1 Å². The van der Waals surface area contributed by atoms with Crippen molar-refractivity contribution in [3.05, 3.63) is 94.5 Å². The molecule has 0 aliphatic heterocycles. The topological polar surface area (TPSA) is 66.5 Å². The third-order valence-electron chi connectivity index (χ3n) is 5.59. The minimum Gasteiger partial charge on any atom is -0.346 e. The zero-order valence-electron chi connectivity index (χ0n) is 19.5. The molecule has 0 saturated carbocycles. The van der Waals surface area contributed by atoms with Gasteiger partial charge in [0.2, 0.25) is 0 Å². The normalized spacial score (nSPS) is 12.8. The second kappa shape index (κ2) is 9.57. The van der Waals surface area contributed by atoms with E-state index < -0.39 is 10.0 Å². The highest BCUT2D eigenvalue weighted by Crippen LogP contribution is 2.25. The van der Waals surface area contributed by atoms with Crippen LogP contribution in [-0.2, 0) is 15.4 Å². The number of rotatable bonds is 6. The average Bonchev–Trinajstić information content (AvgIpc) is 2.78. The van der Waals surface area contributed by atoms with Crippen LogP contribution in [0.4, 0.5) is 5.69 Å². The lowest BCUT2D eigenvalue weighted by atomic mass is 9.86. The van der Waals surface area contributed by atoms with E-state index in [0.29, 0.717) is 16.3 Å². The molecule has 0 aromatic heterocycles. The fourth-order valence-corrected chi connectivity index (χ4v) is 4.68. The predicted octanol–water partition coefficient (Wildman–Crippen LogP) is 5.95. The number of benzene rings is 3. The number of carbonyl (C=O) groups is 1. The predicted molar refractivity (Wildman–Crippen MR) is 135 cm³/mol. The van der Waals surface area contributed by atoms with Gasteiger partial charge >= 0.3 is 0 Å². The molecule has 0 unspecified atom stereocenters. The lowest BCUT2D eigenvalue weighted by Crippen LogP contribution is -2.28. The van der Waals surface area contributed by atoms with Crippen LogP contribution in [0.1, 0.15) is 55.2 Å². The Bertz CT molecular complexity index is 1210. The summed E-state index contributed by atoms with van der Waals surface area (Å²) in [5, 5.41) is 3.46. The summed E-state index contributed by atoms with van der Waals surface area (Å²) in [4.78, 5) is 12.9. The van der Waals surface area contributed by atoms with E-state index in [4.69, 9.17) is 11.6 Å². The molecule has 3 aromatic carbocycles. The molecule has 0 fully saturated rings. The number of halogens is 1. The Morgan fingerprint density at radius 2 is 1.45 bits per heavy atom. The number of nitrogens with one attached hydrogen (secondary N) is 1. The first kappa shape index (κ1) is 24.8. The molecule has 174 valence electrons. The van der Waals surface area contributed by atoms with Crippen LogP contribution in [0.25, 0.3) is 0 Å². The van der Waals surface area contributed by atoms with Gasteiger partial charge in [0.1, 0.15) is 0 Å². The first-order chi connectivity index (χ1) is 15.4. The Hall–Kier alpha value is -2.83. The molecule has 33 heavy (non-hydrogen) atoms. The van der Waals surface area contributed by atoms with Gasteiger partial charge in [-0.05, 0) is 72.0 Å². The third kappa shape index (κ3) is 5.75. The van der Waals surface area contributed by atoms with Crippen molar-refractivity contribution in [2.75, 3.05) is 11.4 Å². The highest BCUT2D eigenvalue weighted by Gasteiger charge is 2.22. The lowest BCUT2D eigenvalue weighted by molar-refractivity contribution is 0.0940. The minimum atomic E-state index is -3.74. The molecule has 5 nitrogen and oxygen atoms in total. The van der Waals surface area contributed by atoms with Crippen LogP contribution >= 0.6 is 11.6 Å². The summed E-state index contributed by atoms with van der Waals surface area (Å²) < 4.78 is 26.9. The molecule has 0 heterocycles. The maximum absolute atomic E-state index is 12.9. The first-order valence-corrected chi connectivity index (χ1v) is 12.5. The summed E-state index contributed by atoms with van der Waals surface area (Å²) in [6.07, 6.45) is 0.